The third-order valence-corrected chi connectivity index (χ3v) is 1.98. The molecule has 0 fully saturated rings. The van der Waals surface area contributed by atoms with E-state index >= 15 is 0 Å². The van der Waals surface area contributed by atoms with Gasteiger partial charge in [0.15, 0.2) is 0 Å². The van der Waals surface area contributed by atoms with Crippen molar-refractivity contribution in [3.05, 3.63) is 29.0 Å². The lowest BCUT2D eigenvalue weighted by Gasteiger charge is -2.04. The Bertz CT molecular complexity index is 381. The van der Waals surface area contributed by atoms with Crippen LogP contribution in [0.5, 0.6) is 0 Å². The maximum absolute atomic E-state index is 11.5. The van der Waals surface area contributed by atoms with E-state index in [2.05, 4.69) is 10.3 Å². The van der Waals surface area contributed by atoms with Crippen LogP contribution in [0.3, 0.4) is 0 Å². The topological polar surface area (TPSA) is 85.1 Å². The van der Waals surface area contributed by atoms with Crippen molar-refractivity contribution in [3.63, 3.8) is 0 Å². The van der Waals surface area contributed by atoms with E-state index in [1.54, 1.807) is 0 Å². The predicted octanol–water partition coefficient (Wildman–Crippen LogP) is 0.340. The maximum Gasteiger partial charge on any atom is 0.252 e. The Morgan fingerprint density at radius 3 is 2.87 bits per heavy atom. The minimum Gasteiger partial charge on any atom is -0.370 e. The molecule has 0 spiro atoms. The number of pyridine rings is 1. The van der Waals surface area contributed by atoms with Gasteiger partial charge in [-0.05, 0) is 6.07 Å². The van der Waals surface area contributed by atoms with Gasteiger partial charge in [0.2, 0.25) is 5.91 Å². The quantitative estimate of drug-likeness (QED) is 0.778. The summed E-state index contributed by atoms with van der Waals surface area (Å²) in [6, 6.07) is 1.50. The number of carbonyl (C=O) groups excluding carboxylic acids is 2. The molecule has 2 amide bonds. The number of nitrogens with two attached hydrogens (primary N) is 1. The highest BCUT2D eigenvalue weighted by atomic mass is 35.5. The summed E-state index contributed by atoms with van der Waals surface area (Å²) in [5.41, 5.74) is 5.25. The summed E-state index contributed by atoms with van der Waals surface area (Å²) >= 11 is 5.75. The summed E-state index contributed by atoms with van der Waals surface area (Å²) in [5.74, 6) is -0.806. The molecule has 0 unspecified atom stereocenters. The third kappa shape index (κ3) is 3.55. The second kappa shape index (κ2) is 5.31. The van der Waals surface area contributed by atoms with Crippen LogP contribution in [0.1, 0.15) is 16.8 Å². The second-order valence-corrected chi connectivity index (χ2v) is 3.23. The lowest BCUT2D eigenvalue weighted by atomic mass is 10.2. The van der Waals surface area contributed by atoms with Gasteiger partial charge in [-0.1, -0.05) is 11.6 Å². The van der Waals surface area contributed by atoms with Gasteiger partial charge in [-0.25, -0.2) is 0 Å². The van der Waals surface area contributed by atoms with Gasteiger partial charge in [0.25, 0.3) is 5.91 Å². The average Bonchev–Trinajstić information content (AvgIpc) is 2.17. The lowest BCUT2D eigenvalue weighted by molar-refractivity contribution is -0.117. The second-order valence-electron chi connectivity index (χ2n) is 2.83. The number of hydrogen-bond acceptors (Lipinski definition) is 3. The highest BCUT2D eigenvalue weighted by Gasteiger charge is 2.09. The Balaban J connectivity index is 2.54. The molecule has 0 atom stereocenters. The van der Waals surface area contributed by atoms with Gasteiger partial charge in [0, 0.05) is 25.4 Å². The van der Waals surface area contributed by atoms with Crippen molar-refractivity contribution in [1.29, 1.82) is 0 Å². The molecule has 1 rings (SSSR count). The molecule has 80 valence electrons. The number of rotatable bonds is 4. The van der Waals surface area contributed by atoms with Gasteiger partial charge < -0.3 is 11.1 Å². The molecule has 0 aliphatic carbocycles. The SMILES string of the molecule is NC(=O)CCNC(=O)c1ccncc1Cl. The zero-order valence-corrected chi connectivity index (χ0v) is 8.62. The predicted molar refractivity (Wildman–Crippen MR) is 55.4 cm³/mol. The summed E-state index contributed by atoms with van der Waals surface area (Å²) in [5, 5.41) is 2.79. The molecule has 0 aliphatic heterocycles. The van der Waals surface area contributed by atoms with Crippen LogP contribution in [0.4, 0.5) is 0 Å². The molecule has 0 bridgehead atoms. The molecule has 1 aromatic heterocycles. The largest absolute Gasteiger partial charge is 0.370 e. The molecule has 5 nitrogen and oxygen atoms in total. The standard InChI is InChI=1S/C9H10ClN3O2/c10-7-5-12-3-1-6(7)9(15)13-4-2-8(11)14/h1,3,5H,2,4H2,(H2,11,14)(H,13,15). The van der Waals surface area contributed by atoms with Crippen molar-refractivity contribution in [2.24, 2.45) is 5.73 Å². The van der Waals surface area contributed by atoms with Crippen LogP contribution in [-0.2, 0) is 4.79 Å². The summed E-state index contributed by atoms with van der Waals surface area (Å²) in [4.78, 5) is 25.6. The average molecular weight is 228 g/mol. The van der Waals surface area contributed by atoms with E-state index in [0.29, 0.717) is 5.56 Å². The molecule has 3 N–H and O–H groups in total. The first-order valence-electron chi connectivity index (χ1n) is 4.27. The molecule has 0 aliphatic rings. The van der Waals surface area contributed by atoms with Crippen molar-refractivity contribution in [3.8, 4) is 0 Å². The van der Waals surface area contributed by atoms with Crippen molar-refractivity contribution in [2.45, 2.75) is 6.42 Å². The van der Waals surface area contributed by atoms with E-state index in [4.69, 9.17) is 17.3 Å². The summed E-state index contributed by atoms with van der Waals surface area (Å²) in [6.45, 7) is 0.201. The van der Waals surface area contributed by atoms with E-state index in [1.165, 1.54) is 18.5 Å². The fourth-order valence-electron chi connectivity index (χ4n) is 0.954. The number of aromatic nitrogens is 1. The van der Waals surface area contributed by atoms with Gasteiger partial charge in [0.1, 0.15) is 0 Å². The first-order chi connectivity index (χ1) is 7.11. The van der Waals surface area contributed by atoms with Crippen LogP contribution in [-0.4, -0.2) is 23.3 Å². The maximum atomic E-state index is 11.5. The van der Waals surface area contributed by atoms with Crippen molar-refractivity contribution < 1.29 is 9.59 Å². The zero-order valence-electron chi connectivity index (χ0n) is 7.87. The Kier molecular flexibility index (Phi) is 4.05. The molecular weight excluding hydrogens is 218 g/mol. The van der Waals surface area contributed by atoms with Crippen LogP contribution in [0.2, 0.25) is 5.02 Å². The van der Waals surface area contributed by atoms with E-state index in [-0.39, 0.29) is 23.9 Å². The molecule has 6 heteroatoms. The molecular formula is C9H10ClN3O2. The minimum absolute atomic E-state index is 0.106. The van der Waals surface area contributed by atoms with E-state index in [1.807, 2.05) is 0 Å². The highest BCUT2D eigenvalue weighted by molar-refractivity contribution is 6.33. The van der Waals surface area contributed by atoms with Gasteiger partial charge in [-0.15, -0.1) is 0 Å². The molecule has 1 aromatic rings. The van der Waals surface area contributed by atoms with Crippen LogP contribution in [0.15, 0.2) is 18.5 Å². The van der Waals surface area contributed by atoms with Crippen LogP contribution < -0.4 is 11.1 Å². The Hall–Kier alpha value is -1.62. The van der Waals surface area contributed by atoms with E-state index in [9.17, 15) is 9.59 Å². The van der Waals surface area contributed by atoms with Gasteiger partial charge in [0.05, 0.1) is 10.6 Å². The molecule has 0 saturated heterocycles. The van der Waals surface area contributed by atoms with Crippen molar-refractivity contribution >= 4 is 23.4 Å². The highest BCUT2D eigenvalue weighted by Crippen LogP contribution is 2.12. The third-order valence-electron chi connectivity index (χ3n) is 1.67. The Morgan fingerprint density at radius 2 is 2.27 bits per heavy atom. The molecule has 15 heavy (non-hydrogen) atoms. The number of hydrogen-bond donors (Lipinski definition) is 2. The fourth-order valence-corrected chi connectivity index (χ4v) is 1.16. The molecule has 0 saturated carbocycles. The van der Waals surface area contributed by atoms with Crippen molar-refractivity contribution in [2.75, 3.05) is 6.54 Å². The summed E-state index contributed by atoms with van der Waals surface area (Å²) in [6.07, 6.45) is 2.95. The number of nitrogens with one attached hydrogen (secondary N) is 1. The number of nitrogens with zero attached hydrogens (tertiary/aromatic N) is 1. The first-order valence-corrected chi connectivity index (χ1v) is 4.65. The van der Waals surface area contributed by atoms with Gasteiger partial charge in [-0.2, -0.15) is 0 Å². The monoisotopic (exact) mass is 227 g/mol. The van der Waals surface area contributed by atoms with Gasteiger partial charge in [-0.3, -0.25) is 14.6 Å². The molecule has 0 aromatic carbocycles. The molecule has 0 radical (unpaired) electrons. The normalized spacial score (nSPS) is 9.67. The van der Waals surface area contributed by atoms with E-state index < -0.39 is 5.91 Å². The van der Waals surface area contributed by atoms with Crippen LogP contribution in [0.25, 0.3) is 0 Å². The fraction of sp³-hybridized carbons (Fsp3) is 0.222. The Labute approximate surface area is 91.6 Å². The number of amides is 2. The van der Waals surface area contributed by atoms with Crippen LogP contribution in [0, 0.1) is 0 Å². The number of carbonyl (C=O) groups is 2. The molecule has 1 heterocycles. The number of halogens is 1. The van der Waals surface area contributed by atoms with E-state index in [0.717, 1.165) is 0 Å². The Morgan fingerprint density at radius 1 is 1.53 bits per heavy atom. The van der Waals surface area contributed by atoms with Gasteiger partial charge >= 0.3 is 0 Å². The summed E-state index contributed by atoms with van der Waals surface area (Å²) < 4.78 is 0. The smallest absolute Gasteiger partial charge is 0.252 e. The zero-order chi connectivity index (χ0) is 11.3. The lowest BCUT2D eigenvalue weighted by Crippen LogP contribution is -2.28. The first kappa shape index (κ1) is 11.5. The van der Waals surface area contributed by atoms with Crippen LogP contribution >= 0.6 is 11.6 Å². The number of primary amides is 1. The summed E-state index contributed by atoms with van der Waals surface area (Å²) in [7, 11) is 0. The minimum atomic E-state index is -0.462. The van der Waals surface area contributed by atoms with Crippen molar-refractivity contribution in [1.82, 2.24) is 10.3 Å².